The first-order valence-corrected chi connectivity index (χ1v) is 13.1. The normalized spacial score (nSPS) is 11.3. The minimum absolute atomic E-state index is 0.139. The van der Waals surface area contributed by atoms with Gasteiger partial charge in [0.15, 0.2) is 0 Å². The van der Waals surface area contributed by atoms with Gasteiger partial charge >= 0.3 is 6.09 Å². The molecule has 4 aromatic carbocycles. The molecule has 4 aromatic rings. The zero-order chi connectivity index (χ0) is 27.3. The standard InChI is InChI=1S/C33H34N2O4/c1-35(33(37)39-25-29-15-9-4-10-16-29)31(32(36)34-22-21-26-11-5-2-6-12-26)23-27-17-19-30(20-18-27)38-24-28-13-7-3-8-14-28/h2-20,31H,21-25H2,1H3,(H,34,36). The zero-order valence-electron chi connectivity index (χ0n) is 22.2. The van der Waals surface area contributed by atoms with Crippen molar-refractivity contribution in [2.24, 2.45) is 0 Å². The average molecular weight is 523 g/mol. The van der Waals surface area contributed by atoms with Crippen LogP contribution in [-0.4, -0.2) is 36.5 Å². The van der Waals surface area contributed by atoms with Crippen molar-refractivity contribution in [2.75, 3.05) is 13.6 Å². The molecule has 0 aliphatic rings. The maximum absolute atomic E-state index is 13.3. The lowest BCUT2D eigenvalue weighted by molar-refractivity contribution is -0.125. The van der Waals surface area contributed by atoms with Gasteiger partial charge in [0.05, 0.1) is 0 Å². The van der Waals surface area contributed by atoms with E-state index in [1.165, 1.54) is 4.90 Å². The van der Waals surface area contributed by atoms with E-state index in [-0.39, 0.29) is 12.5 Å². The van der Waals surface area contributed by atoms with Crippen molar-refractivity contribution in [2.45, 2.75) is 32.1 Å². The quantitative estimate of drug-likeness (QED) is 0.255. The zero-order valence-corrected chi connectivity index (χ0v) is 22.2. The Bertz CT molecular complexity index is 1300. The van der Waals surface area contributed by atoms with Crippen LogP contribution in [-0.2, 0) is 35.6 Å². The Morgan fingerprint density at radius 1 is 0.692 bits per heavy atom. The summed E-state index contributed by atoms with van der Waals surface area (Å²) >= 11 is 0. The number of ether oxygens (including phenoxy) is 2. The van der Waals surface area contributed by atoms with Crippen LogP contribution in [0, 0.1) is 0 Å². The number of amides is 2. The lowest BCUT2D eigenvalue weighted by Crippen LogP contribution is -2.49. The van der Waals surface area contributed by atoms with Crippen LogP contribution in [0.2, 0.25) is 0 Å². The molecule has 0 bridgehead atoms. The lowest BCUT2D eigenvalue weighted by atomic mass is 10.0. The second-order valence-corrected chi connectivity index (χ2v) is 9.32. The third-order valence-electron chi connectivity index (χ3n) is 6.42. The van der Waals surface area contributed by atoms with Crippen molar-refractivity contribution in [3.05, 3.63) is 138 Å². The molecule has 200 valence electrons. The molecule has 4 rings (SSSR count). The van der Waals surface area contributed by atoms with Gasteiger partial charge in [-0.2, -0.15) is 0 Å². The van der Waals surface area contributed by atoms with Crippen molar-refractivity contribution >= 4 is 12.0 Å². The van der Waals surface area contributed by atoms with Gasteiger partial charge in [0.2, 0.25) is 5.91 Å². The Morgan fingerprint density at radius 3 is 1.82 bits per heavy atom. The summed E-state index contributed by atoms with van der Waals surface area (Å²) in [6.45, 7) is 1.08. The number of hydrogen-bond acceptors (Lipinski definition) is 4. The summed E-state index contributed by atoms with van der Waals surface area (Å²) in [4.78, 5) is 27.6. The molecule has 0 heterocycles. The fraction of sp³-hybridized carbons (Fsp3) is 0.212. The van der Waals surface area contributed by atoms with Crippen molar-refractivity contribution in [1.82, 2.24) is 10.2 Å². The van der Waals surface area contributed by atoms with Crippen molar-refractivity contribution in [3.8, 4) is 5.75 Å². The number of hydrogen-bond donors (Lipinski definition) is 1. The Balaban J connectivity index is 1.39. The molecule has 39 heavy (non-hydrogen) atoms. The van der Waals surface area contributed by atoms with E-state index in [2.05, 4.69) is 5.32 Å². The monoisotopic (exact) mass is 522 g/mol. The van der Waals surface area contributed by atoms with E-state index < -0.39 is 12.1 Å². The van der Waals surface area contributed by atoms with Crippen molar-refractivity contribution in [3.63, 3.8) is 0 Å². The SMILES string of the molecule is CN(C(=O)OCc1ccccc1)C(Cc1ccc(OCc2ccccc2)cc1)C(=O)NCCc1ccccc1. The van der Waals surface area contributed by atoms with Crippen LogP contribution >= 0.6 is 0 Å². The Morgan fingerprint density at radius 2 is 1.23 bits per heavy atom. The Labute approximate surface area is 230 Å². The van der Waals surface area contributed by atoms with E-state index >= 15 is 0 Å². The molecule has 0 aliphatic carbocycles. The van der Waals surface area contributed by atoms with Gasteiger partial charge in [0, 0.05) is 20.0 Å². The van der Waals surface area contributed by atoms with Gasteiger partial charge in [0.25, 0.3) is 0 Å². The van der Waals surface area contributed by atoms with Crippen molar-refractivity contribution in [1.29, 1.82) is 0 Å². The molecular weight excluding hydrogens is 488 g/mol. The van der Waals surface area contributed by atoms with Crippen molar-refractivity contribution < 1.29 is 19.1 Å². The second-order valence-electron chi connectivity index (χ2n) is 9.32. The van der Waals surface area contributed by atoms with E-state index in [9.17, 15) is 9.59 Å². The lowest BCUT2D eigenvalue weighted by Gasteiger charge is -2.27. The Hall–Kier alpha value is -4.58. The van der Waals surface area contributed by atoms with E-state index in [0.717, 1.165) is 28.0 Å². The molecule has 1 atom stereocenters. The van der Waals surface area contributed by atoms with Crippen LogP contribution in [0.25, 0.3) is 0 Å². The van der Waals surface area contributed by atoms with Crippen LogP contribution in [0.1, 0.15) is 22.3 Å². The number of benzene rings is 4. The van der Waals surface area contributed by atoms with Crippen LogP contribution in [0.15, 0.2) is 115 Å². The number of nitrogens with zero attached hydrogens (tertiary/aromatic N) is 1. The number of rotatable bonds is 12. The molecule has 0 radical (unpaired) electrons. The van der Waals surface area contributed by atoms with E-state index in [1.807, 2.05) is 115 Å². The summed E-state index contributed by atoms with van der Waals surface area (Å²) < 4.78 is 11.4. The minimum atomic E-state index is -0.736. The molecule has 0 aliphatic heterocycles. The molecule has 0 fully saturated rings. The van der Waals surface area contributed by atoms with Crippen LogP contribution in [0.4, 0.5) is 4.79 Å². The highest BCUT2D eigenvalue weighted by atomic mass is 16.6. The molecule has 0 spiro atoms. The topological polar surface area (TPSA) is 67.9 Å². The molecule has 0 saturated carbocycles. The molecule has 0 aromatic heterocycles. The van der Waals surface area contributed by atoms with Crippen LogP contribution in [0.3, 0.4) is 0 Å². The number of likely N-dealkylation sites (N-methyl/N-ethyl adjacent to an activating group) is 1. The number of nitrogens with one attached hydrogen (secondary N) is 1. The first kappa shape index (κ1) is 27.5. The maximum Gasteiger partial charge on any atom is 0.410 e. The number of carbonyl (C=O) groups is 2. The van der Waals surface area contributed by atoms with E-state index in [1.54, 1.807) is 7.05 Å². The second kappa shape index (κ2) is 14.4. The molecule has 1 unspecified atom stereocenters. The first-order chi connectivity index (χ1) is 19.1. The van der Waals surface area contributed by atoms with Crippen LogP contribution < -0.4 is 10.1 Å². The minimum Gasteiger partial charge on any atom is -0.489 e. The fourth-order valence-corrected chi connectivity index (χ4v) is 4.13. The summed E-state index contributed by atoms with van der Waals surface area (Å²) in [6.07, 6.45) is 0.493. The largest absolute Gasteiger partial charge is 0.489 e. The summed E-state index contributed by atoms with van der Waals surface area (Å²) in [6, 6.07) is 36.3. The molecule has 0 saturated heterocycles. The van der Waals surface area contributed by atoms with Gasteiger partial charge in [-0.25, -0.2) is 4.79 Å². The molecule has 6 heteroatoms. The molecular formula is C33H34N2O4. The third-order valence-corrected chi connectivity index (χ3v) is 6.42. The van der Waals surface area contributed by atoms with Crippen LogP contribution in [0.5, 0.6) is 5.75 Å². The number of carbonyl (C=O) groups excluding carboxylic acids is 2. The summed E-state index contributed by atoms with van der Waals surface area (Å²) in [7, 11) is 1.60. The van der Waals surface area contributed by atoms with E-state index in [4.69, 9.17) is 9.47 Å². The highest BCUT2D eigenvalue weighted by Gasteiger charge is 2.28. The van der Waals surface area contributed by atoms with E-state index in [0.29, 0.717) is 26.0 Å². The van der Waals surface area contributed by atoms with Gasteiger partial charge in [-0.15, -0.1) is 0 Å². The fourth-order valence-electron chi connectivity index (χ4n) is 4.13. The molecule has 2 amide bonds. The van der Waals surface area contributed by atoms with Gasteiger partial charge in [-0.1, -0.05) is 103 Å². The Kier molecular flexibility index (Phi) is 10.1. The predicted molar refractivity (Wildman–Crippen MR) is 152 cm³/mol. The smallest absolute Gasteiger partial charge is 0.410 e. The molecule has 6 nitrogen and oxygen atoms in total. The third kappa shape index (κ3) is 8.75. The maximum atomic E-state index is 13.3. The molecule has 1 N–H and O–H groups in total. The predicted octanol–water partition coefficient (Wildman–Crippen LogP) is 5.80. The summed E-state index contributed by atoms with van der Waals surface area (Å²) in [5, 5.41) is 3.00. The highest BCUT2D eigenvalue weighted by Crippen LogP contribution is 2.17. The summed E-state index contributed by atoms with van der Waals surface area (Å²) in [5.74, 6) is 0.511. The summed E-state index contributed by atoms with van der Waals surface area (Å²) in [5.41, 5.74) is 4.02. The van der Waals surface area contributed by atoms with Gasteiger partial charge in [-0.3, -0.25) is 9.69 Å². The van der Waals surface area contributed by atoms with Gasteiger partial charge in [0.1, 0.15) is 25.0 Å². The first-order valence-electron chi connectivity index (χ1n) is 13.1. The average Bonchev–Trinajstić information content (AvgIpc) is 2.99. The van der Waals surface area contributed by atoms with Gasteiger partial charge < -0.3 is 14.8 Å². The highest BCUT2D eigenvalue weighted by molar-refractivity contribution is 5.85. The van der Waals surface area contributed by atoms with Gasteiger partial charge in [-0.05, 0) is 40.8 Å².